The number of unbranched alkanes of at least 4 members (excludes halogenated alkanes) is 3. The topological polar surface area (TPSA) is 56.0 Å². The van der Waals surface area contributed by atoms with E-state index < -0.39 is 18.4 Å². The molecule has 0 fully saturated rings. The Hall–Kier alpha value is -0.651. The van der Waals surface area contributed by atoms with Crippen molar-refractivity contribution in [1.82, 2.24) is 4.98 Å². The molecule has 0 N–H and O–H groups in total. The summed E-state index contributed by atoms with van der Waals surface area (Å²) in [5.74, 6) is 0. The van der Waals surface area contributed by atoms with Crippen LogP contribution in [0.3, 0.4) is 0 Å². The van der Waals surface area contributed by atoms with Gasteiger partial charge in [0.15, 0.2) is 0 Å². The van der Waals surface area contributed by atoms with E-state index in [9.17, 15) is 10.1 Å². The number of pyridine rings is 1. The van der Waals surface area contributed by atoms with Gasteiger partial charge < -0.3 is 0 Å². The quantitative estimate of drug-likeness (QED) is 0.272. The van der Waals surface area contributed by atoms with Gasteiger partial charge in [-0.25, -0.2) is 0 Å². The van der Waals surface area contributed by atoms with Crippen molar-refractivity contribution in [2.75, 3.05) is 0 Å². The molecule has 0 saturated heterocycles. The molecule has 0 amide bonds. The Kier molecular flexibility index (Phi) is 9.10. The molecule has 0 aromatic carbocycles. The Morgan fingerprint density at radius 3 is 1.83 bits per heavy atom. The number of rotatable bonds is 11. The van der Waals surface area contributed by atoms with Crippen molar-refractivity contribution in [2.45, 2.75) is 79.5 Å². The SMILES string of the molecule is CCC[CH2][Sn]([CH2]CCC)([CH2]CCC)[c]1ccc([N+](=O)[O-])c(C)n1. The van der Waals surface area contributed by atoms with Gasteiger partial charge in [-0.1, -0.05) is 0 Å². The molecule has 5 heteroatoms. The average Bonchev–Trinajstić information content (AvgIpc) is 2.54. The summed E-state index contributed by atoms with van der Waals surface area (Å²) in [7, 11) is 0. The first kappa shape index (κ1) is 20.4. The van der Waals surface area contributed by atoms with E-state index in [1.807, 2.05) is 6.07 Å². The van der Waals surface area contributed by atoms with Gasteiger partial charge in [0, 0.05) is 0 Å². The van der Waals surface area contributed by atoms with Crippen LogP contribution in [-0.4, -0.2) is 28.3 Å². The van der Waals surface area contributed by atoms with Crippen molar-refractivity contribution in [1.29, 1.82) is 0 Å². The zero-order valence-electron chi connectivity index (χ0n) is 15.2. The summed E-state index contributed by atoms with van der Waals surface area (Å²) in [6, 6.07) is 3.70. The number of aromatic nitrogens is 1. The Morgan fingerprint density at radius 1 is 1.00 bits per heavy atom. The molecule has 1 aromatic heterocycles. The van der Waals surface area contributed by atoms with Crippen LogP contribution in [0.1, 0.15) is 65.0 Å². The van der Waals surface area contributed by atoms with Crippen LogP contribution in [-0.2, 0) is 0 Å². The molecule has 4 nitrogen and oxygen atoms in total. The molecule has 0 spiro atoms. The molecule has 0 bridgehead atoms. The molecule has 1 rings (SSSR count). The van der Waals surface area contributed by atoms with Gasteiger partial charge in [0.1, 0.15) is 0 Å². The molecule has 0 aliphatic heterocycles. The van der Waals surface area contributed by atoms with Crippen molar-refractivity contribution in [3.05, 3.63) is 27.9 Å². The van der Waals surface area contributed by atoms with Crippen LogP contribution in [0.15, 0.2) is 12.1 Å². The number of hydrogen-bond acceptors (Lipinski definition) is 3. The molecular weight excluding hydrogens is 395 g/mol. The third-order valence-corrected chi connectivity index (χ3v) is 19.9. The maximum absolute atomic E-state index is 11.1. The Balaban J connectivity index is 3.22. The fourth-order valence-corrected chi connectivity index (χ4v) is 18.9. The standard InChI is InChI=1S/C6H5N2O2.3C4H9.Sn/c1-5-6(8(9)10)3-2-4-7-5;3*1-3-4-2;/h2-3H,1H3;3*1,3-4H2,2H3;. The van der Waals surface area contributed by atoms with Gasteiger partial charge in [-0.05, 0) is 0 Å². The van der Waals surface area contributed by atoms with E-state index in [1.165, 1.54) is 55.5 Å². The molecule has 0 saturated carbocycles. The summed E-state index contributed by atoms with van der Waals surface area (Å²) in [5, 5.41) is 11.1. The Labute approximate surface area is 145 Å². The normalized spacial score (nSPS) is 11.7. The monoisotopic (exact) mass is 428 g/mol. The minimum atomic E-state index is -2.55. The van der Waals surface area contributed by atoms with Crippen molar-refractivity contribution >= 4 is 27.8 Å². The molecule has 1 heterocycles. The predicted molar refractivity (Wildman–Crippen MR) is 100 cm³/mol. The van der Waals surface area contributed by atoms with E-state index >= 15 is 0 Å². The van der Waals surface area contributed by atoms with Crippen LogP contribution in [0.4, 0.5) is 5.69 Å². The summed E-state index contributed by atoms with van der Waals surface area (Å²) in [6.45, 7) is 8.55. The third-order valence-electron chi connectivity index (χ3n) is 4.82. The van der Waals surface area contributed by atoms with Crippen molar-refractivity contribution in [2.24, 2.45) is 0 Å². The number of nitrogens with zero attached hydrogens (tertiary/aromatic N) is 2. The second-order valence-corrected chi connectivity index (χ2v) is 19.7. The van der Waals surface area contributed by atoms with Crippen LogP contribution in [0.5, 0.6) is 0 Å². The first-order valence-corrected chi connectivity index (χ1v) is 16.6. The molecule has 0 radical (unpaired) electrons. The predicted octanol–water partition coefficient (Wildman–Crippen LogP) is 5.35. The van der Waals surface area contributed by atoms with Gasteiger partial charge in [0.2, 0.25) is 0 Å². The van der Waals surface area contributed by atoms with Gasteiger partial charge in [-0.15, -0.1) is 0 Å². The van der Waals surface area contributed by atoms with Crippen molar-refractivity contribution in [3.8, 4) is 0 Å². The molecule has 0 atom stereocenters. The van der Waals surface area contributed by atoms with Crippen LogP contribution in [0, 0.1) is 17.0 Å². The van der Waals surface area contributed by atoms with E-state index in [1.54, 1.807) is 13.0 Å². The zero-order chi connectivity index (χ0) is 17.3. The molecule has 1 aromatic rings. The minimum absolute atomic E-state index is 0.162. The number of nitro groups is 1. The second-order valence-electron chi connectivity index (χ2n) is 6.65. The average molecular weight is 427 g/mol. The molecule has 23 heavy (non-hydrogen) atoms. The number of aryl methyl sites for hydroxylation is 1. The van der Waals surface area contributed by atoms with E-state index in [-0.39, 0.29) is 10.6 Å². The van der Waals surface area contributed by atoms with Gasteiger partial charge in [-0.3, -0.25) is 0 Å². The number of hydrogen-bond donors (Lipinski definition) is 0. The Bertz CT molecular complexity index is 484. The van der Waals surface area contributed by atoms with Gasteiger partial charge in [0.25, 0.3) is 0 Å². The van der Waals surface area contributed by atoms with Crippen molar-refractivity contribution < 1.29 is 4.92 Å². The molecule has 130 valence electrons. The van der Waals surface area contributed by atoms with E-state index in [0.717, 1.165) is 0 Å². The summed E-state index contributed by atoms with van der Waals surface area (Å²) >= 11 is -2.55. The van der Waals surface area contributed by atoms with Crippen LogP contribution >= 0.6 is 0 Å². The van der Waals surface area contributed by atoms with Crippen LogP contribution in [0.2, 0.25) is 13.3 Å². The van der Waals surface area contributed by atoms with E-state index in [4.69, 9.17) is 4.98 Å². The third kappa shape index (κ3) is 5.73. The first-order valence-electron chi connectivity index (χ1n) is 9.13. The molecule has 0 aliphatic rings. The summed E-state index contributed by atoms with van der Waals surface area (Å²) in [6.07, 6.45) is 7.51. The second kappa shape index (κ2) is 10.3. The zero-order valence-corrected chi connectivity index (χ0v) is 18.1. The fraction of sp³-hybridized carbons (Fsp3) is 0.722. The maximum atomic E-state index is 11.1. The molecular formula is C18H32N2O2Sn. The van der Waals surface area contributed by atoms with E-state index in [2.05, 4.69) is 20.8 Å². The fourth-order valence-electron chi connectivity index (χ4n) is 3.35. The van der Waals surface area contributed by atoms with Crippen molar-refractivity contribution in [3.63, 3.8) is 0 Å². The summed E-state index contributed by atoms with van der Waals surface area (Å²) in [5.41, 5.74) is 0.758. The van der Waals surface area contributed by atoms with Gasteiger partial charge in [-0.2, -0.15) is 0 Å². The summed E-state index contributed by atoms with van der Waals surface area (Å²) < 4.78 is 5.30. The molecule has 0 unspecified atom stereocenters. The molecule has 0 aliphatic carbocycles. The summed E-state index contributed by atoms with van der Waals surface area (Å²) in [4.78, 5) is 15.5. The van der Waals surface area contributed by atoms with E-state index in [0.29, 0.717) is 5.69 Å². The van der Waals surface area contributed by atoms with Gasteiger partial charge >= 0.3 is 145 Å². The van der Waals surface area contributed by atoms with Crippen LogP contribution < -0.4 is 3.71 Å². The van der Waals surface area contributed by atoms with Crippen LogP contribution in [0.25, 0.3) is 0 Å². The first-order chi connectivity index (χ1) is 11.0. The Morgan fingerprint density at radius 2 is 1.48 bits per heavy atom. The van der Waals surface area contributed by atoms with Gasteiger partial charge in [0.05, 0.1) is 0 Å².